The monoisotopic (exact) mass is 440 g/mol. The van der Waals surface area contributed by atoms with E-state index in [1.165, 1.54) is 0 Å². The molecule has 1 heterocycles. The highest BCUT2D eigenvalue weighted by molar-refractivity contribution is 5.60. The van der Waals surface area contributed by atoms with Crippen LogP contribution in [-0.4, -0.2) is 41.1 Å². The summed E-state index contributed by atoms with van der Waals surface area (Å²) in [7, 11) is 3.82. The molecule has 172 valence electrons. The normalized spacial score (nSPS) is 10.8. The Kier molecular flexibility index (Phi) is 9.18. The van der Waals surface area contributed by atoms with Crippen LogP contribution in [0.5, 0.6) is 0 Å². The van der Waals surface area contributed by atoms with Gasteiger partial charge in [-0.15, -0.1) is 0 Å². The van der Waals surface area contributed by atoms with Crippen molar-refractivity contribution in [1.29, 1.82) is 0 Å². The van der Waals surface area contributed by atoms with Gasteiger partial charge in [0.25, 0.3) is 0 Å². The third kappa shape index (κ3) is 6.79. The van der Waals surface area contributed by atoms with Crippen LogP contribution < -0.4 is 20.9 Å². The van der Waals surface area contributed by atoms with Crippen LogP contribution in [-0.2, 0) is 14.1 Å². The predicted molar refractivity (Wildman–Crippen MR) is 128 cm³/mol. The average molecular weight is 441 g/mol. The third-order valence-corrected chi connectivity index (χ3v) is 4.97. The number of hydrogen-bond donors (Lipinski definition) is 4. The maximum Gasteiger partial charge on any atom is 0.354 e. The summed E-state index contributed by atoms with van der Waals surface area (Å²) in [5, 5.41) is 26.8. The number of imidazole rings is 1. The van der Waals surface area contributed by atoms with Gasteiger partial charge in [0.2, 0.25) is 0 Å². The lowest BCUT2D eigenvalue weighted by atomic mass is 10.1. The van der Waals surface area contributed by atoms with Crippen LogP contribution in [0.25, 0.3) is 0 Å². The van der Waals surface area contributed by atoms with Crippen molar-refractivity contribution in [2.24, 2.45) is 24.3 Å². The highest BCUT2D eigenvalue weighted by atomic mass is 16.3. The van der Waals surface area contributed by atoms with Gasteiger partial charge < -0.3 is 20.8 Å². The standard InChI is InChI=1S/C18H24N4O2.C5H9N3/c1-13-11-15(19)12-14(2)18(13)21-20-16-3-5-17(6-4-16)22(7-9-23)8-10-24;1-7-3-4-8(2)5(7)6/h3-6,11-12,23-24H,7-10,19H2,1-2H3;3-4,6H,1-2H3/p+1. The van der Waals surface area contributed by atoms with Crippen molar-refractivity contribution in [3.05, 3.63) is 59.9 Å². The second-order valence-corrected chi connectivity index (χ2v) is 7.53. The highest BCUT2D eigenvalue weighted by Crippen LogP contribution is 2.28. The van der Waals surface area contributed by atoms with E-state index in [1.807, 2.05) is 90.8 Å². The molecule has 0 saturated carbocycles. The van der Waals surface area contributed by atoms with Crippen molar-refractivity contribution in [3.8, 4) is 0 Å². The Bertz CT molecular complexity index is 981. The Labute approximate surface area is 189 Å². The third-order valence-electron chi connectivity index (χ3n) is 4.97. The predicted octanol–water partition coefficient (Wildman–Crippen LogP) is 2.52. The summed E-state index contributed by atoms with van der Waals surface area (Å²) in [5.41, 5.74) is 16.5. The van der Waals surface area contributed by atoms with E-state index in [2.05, 4.69) is 10.2 Å². The van der Waals surface area contributed by atoms with Crippen molar-refractivity contribution in [2.75, 3.05) is 42.7 Å². The molecule has 0 aliphatic rings. The van der Waals surface area contributed by atoms with E-state index in [-0.39, 0.29) is 13.2 Å². The molecule has 0 bridgehead atoms. The van der Waals surface area contributed by atoms with Crippen LogP contribution in [0.4, 0.5) is 28.7 Å². The van der Waals surface area contributed by atoms with Crippen LogP contribution in [0, 0.1) is 13.8 Å². The maximum absolute atomic E-state index is 9.10. The van der Waals surface area contributed by atoms with Crippen molar-refractivity contribution >= 4 is 28.7 Å². The first-order valence-electron chi connectivity index (χ1n) is 10.4. The second kappa shape index (κ2) is 11.8. The molecule has 0 saturated heterocycles. The second-order valence-electron chi connectivity index (χ2n) is 7.53. The number of rotatable bonds is 7. The number of aliphatic hydroxyl groups is 2. The molecule has 0 aliphatic heterocycles. The topological polar surface area (TPSA) is 129 Å². The number of azo groups is 1. The van der Waals surface area contributed by atoms with E-state index in [4.69, 9.17) is 21.7 Å². The first-order chi connectivity index (χ1) is 15.3. The van der Waals surface area contributed by atoms with Crippen molar-refractivity contribution in [3.63, 3.8) is 0 Å². The van der Waals surface area contributed by atoms with Crippen molar-refractivity contribution in [1.82, 2.24) is 4.57 Å². The summed E-state index contributed by atoms with van der Waals surface area (Å²) in [6, 6.07) is 11.3. The Morgan fingerprint density at radius 3 is 1.94 bits per heavy atom. The fourth-order valence-electron chi connectivity index (χ4n) is 3.20. The van der Waals surface area contributed by atoms with Gasteiger partial charge in [0.1, 0.15) is 0 Å². The minimum Gasteiger partial charge on any atom is -0.399 e. The number of nitrogens with zero attached hydrogens (tertiary/aromatic N) is 5. The molecule has 0 unspecified atom stereocenters. The molecule has 0 spiro atoms. The van der Waals surface area contributed by atoms with Gasteiger partial charge in [0, 0.05) is 24.5 Å². The molecule has 1 aromatic heterocycles. The van der Waals surface area contributed by atoms with E-state index in [9.17, 15) is 0 Å². The molecule has 9 heteroatoms. The summed E-state index contributed by atoms with van der Waals surface area (Å²) in [5.74, 6) is 0.769. The Morgan fingerprint density at radius 1 is 0.969 bits per heavy atom. The molecule has 0 amide bonds. The number of hydrogen-bond acceptors (Lipinski definition) is 7. The molecule has 3 aromatic rings. The van der Waals surface area contributed by atoms with E-state index < -0.39 is 0 Å². The van der Waals surface area contributed by atoms with Gasteiger partial charge in [0.05, 0.1) is 51.1 Å². The van der Waals surface area contributed by atoms with Crippen LogP contribution in [0.15, 0.2) is 59.0 Å². The molecule has 32 heavy (non-hydrogen) atoms. The molecular weight excluding hydrogens is 406 g/mol. The van der Waals surface area contributed by atoms with Crippen LogP contribution >= 0.6 is 0 Å². The molecule has 9 nitrogen and oxygen atoms in total. The number of aliphatic hydroxyl groups excluding tert-OH is 2. The van der Waals surface area contributed by atoms with Crippen molar-refractivity contribution in [2.45, 2.75) is 13.8 Å². The lowest BCUT2D eigenvalue weighted by Crippen LogP contribution is -2.29. The van der Waals surface area contributed by atoms with E-state index in [0.717, 1.165) is 39.8 Å². The van der Waals surface area contributed by atoms with E-state index >= 15 is 0 Å². The van der Waals surface area contributed by atoms with Gasteiger partial charge in [-0.2, -0.15) is 10.2 Å². The van der Waals surface area contributed by atoms with Gasteiger partial charge in [-0.1, -0.05) is 0 Å². The Balaban J connectivity index is 0.000000380. The fourth-order valence-corrected chi connectivity index (χ4v) is 3.20. The zero-order valence-corrected chi connectivity index (χ0v) is 19.2. The quantitative estimate of drug-likeness (QED) is 0.255. The Hall–Kier alpha value is -3.43. The summed E-state index contributed by atoms with van der Waals surface area (Å²) in [6.45, 7) is 4.95. The molecule has 0 aliphatic carbocycles. The van der Waals surface area contributed by atoms with E-state index in [1.54, 1.807) is 0 Å². The molecule has 0 fully saturated rings. The number of benzene rings is 2. The van der Waals surface area contributed by atoms with Gasteiger partial charge in [-0.05, 0) is 61.4 Å². The van der Waals surface area contributed by atoms with E-state index in [0.29, 0.717) is 13.1 Å². The average Bonchev–Trinajstić information content (AvgIpc) is 3.05. The lowest BCUT2D eigenvalue weighted by molar-refractivity contribution is -0.655. The number of anilines is 3. The minimum atomic E-state index is 0.0388. The largest absolute Gasteiger partial charge is 0.399 e. The molecule has 2 aromatic carbocycles. The van der Waals surface area contributed by atoms with Gasteiger partial charge in [0.15, 0.2) is 0 Å². The molecule has 0 atom stereocenters. The number of aryl methyl sites for hydroxylation is 4. The summed E-state index contributed by atoms with van der Waals surface area (Å²) < 4.78 is 3.72. The van der Waals surface area contributed by atoms with Crippen molar-refractivity contribution < 1.29 is 14.8 Å². The number of nitrogens with two attached hydrogens (primary N) is 2. The first kappa shape index (κ1) is 24.8. The molecule has 0 radical (unpaired) electrons. The SMILES string of the molecule is Cc1cc(N)cc(C)c1N=Nc1ccc(N(CCO)CCO)cc1.Cn1cc[n+](C)c1N. The lowest BCUT2D eigenvalue weighted by Gasteiger charge is -2.22. The number of aromatic nitrogens is 2. The Morgan fingerprint density at radius 2 is 1.53 bits per heavy atom. The summed E-state index contributed by atoms with van der Waals surface area (Å²) in [4.78, 5) is 1.91. The van der Waals surface area contributed by atoms with Gasteiger partial charge in [-0.3, -0.25) is 5.73 Å². The highest BCUT2D eigenvalue weighted by Gasteiger charge is 2.06. The summed E-state index contributed by atoms with van der Waals surface area (Å²) >= 11 is 0. The van der Waals surface area contributed by atoms with Crippen LogP contribution in [0.2, 0.25) is 0 Å². The molecule has 6 N–H and O–H groups in total. The van der Waals surface area contributed by atoms with Crippen LogP contribution in [0.3, 0.4) is 0 Å². The molecular formula is C23H34N7O2+. The molecule has 3 rings (SSSR count). The fraction of sp³-hybridized carbons (Fsp3) is 0.348. The first-order valence-corrected chi connectivity index (χ1v) is 10.4. The summed E-state index contributed by atoms with van der Waals surface area (Å²) in [6.07, 6.45) is 3.82. The van der Waals surface area contributed by atoms with Gasteiger partial charge >= 0.3 is 5.95 Å². The zero-order chi connectivity index (χ0) is 23.7. The minimum absolute atomic E-state index is 0.0388. The van der Waals surface area contributed by atoms with Crippen LogP contribution in [0.1, 0.15) is 11.1 Å². The van der Waals surface area contributed by atoms with Gasteiger partial charge in [-0.25, -0.2) is 9.13 Å². The zero-order valence-electron chi connectivity index (χ0n) is 19.2. The smallest absolute Gasteiger partial charge is 0.354 e. The maximum atomic E-state index is 9.10. The number of nitrogen functional groups attached to an aromatic ring is 2.